The minimum absolute atomic E-state index is 0.203. The second-order valence-electron chi connectivity index (χ2n) is 8.08. The fraction of sp³-hybridized carbons (Fsp3) is 0.333. The highest BCUT2D eigenvalue weighted by Crippen LogP contribution is 2.28. The Balaban J connectivity index is 1.26. The molecule has 6 nitrogen and oxygen atoms in total. The van der Waals surface area contributed by atoms with Crippen molar-refractivity contribution in [2.24, 2.45) is 0 Å². The van der Waals surface area contributed by atoms with Gasteiger partial charge in [-0.3, -0.25) is 24.6 Å². The van der Waals surface area contributed by atoms with E-state index in [0.717, 1.165) is 48.9 Å². The molecule has 2 aliphatic rings. The van der Waals surface area contributed by atoms with Gasteiger partial charge in [-0.15, -0.1) is 0 Å². The molecule has 1 aliphatic carbocycles. The number of fused-ring (bicyclic) bond motifs is 1. The Morgan fingerprint density at radius 2 is 1.83 bits per heavy atom. The first-order chi connectivity index (χ1) is 14.8. The lowest BCUT2D eigenvalue weighted by atomic mass is 9.91. The van der Waals surface area contributed by atoms with Gasteiger partial charge >= 0.3 is 0 Å². The maximum absolute atomic E-state index is 12.7. The molecule has 1 aromatic carbocycles. The van der Waals surface area contributed by atoms with Crippen LogP contribution in [-0.2, 0) is 12.8 Å². The molecule has 6 heteroatoms. The van der Waals surface area contributed by atoms with Gasteiger partial charge in [0, 0.05) is 49.0 Å². The number of nitrogens with zero attached hydrogens (tertiary/aromatic N) is 4. The number of nitrogens with one attached hydrogen (secondary N) is 1. The zero-order valence-electron chi connectivity index (χ0n) is 16.9. The Morgan fingerprint density at radius 1 is 0.967 bits per heavy atom. The summed E-state index contributed by atoms with van der Waals surface area (Å²) >= 11 is 0. The summed E-state index contributed by atoms with van der Waals surface area (Å²) in [6.45, 7) is 2.26. The maximum atomic E-state index is 12.7. The van der Waals surface area contributed by atoms with Gasteiger partial charge in [0.25, 0.3) is 5.91 Å². The summed E-state index contributed by atoms with van der Waals surface area (Å²) in [6.07, 6.45) is 12.8. The van der Waals surface area contributed by atoms with Crippen LogP contribution in [0.3, 0.4) is 0 Å². The molecule has 152 valence electrons. The third-order valence-corrected chi connectivity index (χ3v) is 6.25. The van der Waals surface area contributed by atoms with E-state index in [9.17, 15) is 4.79 Å². The summed E-state index contributed by atoms with van der Waals surface area (Å²) in [5.41, 5.74) is 5.53. The highest BCUT2D eigenvalue weighted by Gasteiger charge is 2.26. The van der Waals surface area contributed by atoms with E-state index in [0.29, 0.717) is 5.69 Å². The van der Waals surface area contributed by atoms with Crippen molar-refractivity contribution < 1.29 is 4.79 Å². The lowest BCUT2D eigenvalue weighted by Crippen LogP contribution is -2.41. The number of amides is 1. The van der Waals surface area contributed by atoms with Gasteiger partial charge in [0.2, 0.25) is 0 Å². The number of carbonyl (C=O) groups excluding carboxylic acids is 1. The molecule has 1 N–H and O–H groups in total. The molecule has 0 radical (unpaired) electrons. The van der Waals surface area contributed by atoms with Crippen molar-refractivity contribution >= 4 is 11.6 Å². The van der Waals surface area contributed by atoms with E-state index < -0.39 is 0 Å². The molecule has 30 heavy (non-hydrogen) atoms. The maximum Gasteiger partial charge on any atom is 0.274 e. The van der Waals surface area contributed by atoms with E-state index in [1.807, 2.05) is 12.1 Å². The number of rotatable bonds is 4. The van der Waals surface area contributed by atoms with Crippen LogP contribution in [0.4, 0.5) is 5.69 Å². The third-order valence-electron chi connectivity index (χ3n) is 6.25. The first-order valence-corrected chi connectivity index (χ1v) is 10.7. The number of hydrogen-bond donors (Lipinski definition) is 1. The van der Waals surface area contributed by atoms with Gasteiger partial charge in [-0.1, -0.05) is 12.5 Å². The van der Waals surface area contributed by atoms with E-state index in [1.54, 1.807) is 30.9 Å². The van der Waals surface area contributed by atoms with Crippen molar-refractivity contribution in [3.63, 3.8) is 0 Å². The SMILES string of the molecule is O=C(Nc1ccc2c(c1)CCN(C1CCC1)CC2)c1ccc(-c2cnccn2)cn1. The Kier molecular flexibility index (Phi) is 5.24. The summed E-state index contributed by atoms with van der Waals surface area (Å²) < 4.78 is 0. The van der Waals surface area contributed by atoms with Crippen molar-refractivity contribution in [2.75, 3.05) is 18.4 Å². The normalized spacial score (nSPS) is 16.9. The molecule has 0 saturated heterocycles. The monoisotopic (exact) mass is 399 g/mol. The molecule has 1 aliphatic heterocycles. The Morgan fingerprint density at radius 3 is 2.53 bits per heavy atom. The van der Waals surface area contributed by atoms with Gasteiger partial charge in [0.05, 0.1) is 11.9 Å². The molecule has 0 spiro atoms. The highest BCUT2D eigenvalue weighted by atomic mass is 16.1. The number of hydrogen-bond acceptors (Lipinski definition) is 5. The molecule has 1 saturated carbocycles. The number of carbonyl (C=O) groups is 1. The van der Waals surface area contributed by atoms with Gasteiger partial charge in [0.15, 0.2) is 0 Å². The van der Waals surface area contributed by atoms with E-state index >= 15 is 0 Å². The minimum Gasteiger partial charge on any atom is -0.321 e. The van der Waals surface area contributed by atoms with Gasteiger partial charge < -0.3 is 5.32 Å². The molecular formula is C24H25N5O. The molecule has 1 fully saturated rings. The van der Waals surface area contributed by atoms with E-state index in [2.05, 4.69) is 37.3 Å². The number of benzene rings is 1. The van der Waals surface area contributed by atoms with Crippen molar-refractivity contribution in [3.8, 4) is 11.3 Å². The summed E-state index contributed by atoms with van der Waals surface area (Å²) in [5.74, 6) is -0.203. The molecule has 3 aromatic rings. The second kappa shape index (κ2) is 8.32. The molecule has 0 atom stereocenters. The van der Waals surface area contributed by atoms with Crippen LogP contribution in [0, 0.1) is 0 Å². The number of pyridine rings is 1. The molecule has 5 rings (SSSR count). The van der Waals surface area contributed by atoms with Crippen molar-refractivity contribution in [3.05, 3.63) is 71.9 Å². The molecule has 0 unspecified atom stereocenters. The van der Waals surface area contributed by atoms with Crippen LogP contribution in [0.2, 0.25) is 0 Å². The van der Waals surface area contributed by atoms with Crippen LogP contribution < -0.4 is 5.32 Å². The van der Waals surface area contributed by atoms with Crippen LogP contribution in [0.15, 0.2) is 55.1 Å². The van der Waals surface area contributed by atoms with Gasteiger partial charge in [0.1, 0.15) is 5.69 Å². The molecule has 0 bridgehead atoms. The lowest BCUT2D eigenvalue weighted by molar-refractivity contribution is 0.102. The Bertz CT molecular complexity index is 1030. The van der Waals surface area contributed by atoms with Gasteiger partial charge in [-0.2, -0.15) is 0 Å². The zero-order valence-corrected chi connectivity index (χ0v) is 16.9. The Labute approximate surface area is 176 Å². The molecule has 2 aromatic heterocycles. The van der Waals surface area contributed by atoms with E-state index in [1.165, 1.54) is 30.4 Å². The second-order valence-corrected chi connectivity index (χ2v) is 8.08. The average Bonchev–Trinajstić information content (AvgIpc) is 2.96. The lowest BCUT2D eigenvalue weighted by Gasteiger charge is -2.36. The third kappa shape index (κ3) is 3.96. The van der Waals surface area contributed by atoms with Crippen LogP contribution in [0.25, 0.3) is 11.3 Å². The molecule has 3 heterocycles. The average molecular weight is 399 g/mol. The number of aromatic nitrogens is 3. The predicted molar refractivity (Wildman–Crippen MR) is 116 cm³/mol. The summed E-state index contributed by atoms with van der Waals surface area (Å²) in [7, 11) is 0. The zero-order chi connectivity index (χ0) is 20.3. The summed E-state index contributed by atoms with van der Waals surface area (Å²) in [4.78, 5) is 28.0. The Hall–Kier alpha value is -3.12. The fourth-order valence-corrected chi connectivity index (χ4v) is 4.26. The first-order valence-electron chi connectivity index (χ1n) is 10.7. The van der Waals surface area contributed by atoms with Gasteiger partial charge in [-0.05, 0) is 61.1 Å². The van der Waals surface area contributed by atoms with Gasteiger partial charge in [-0.25, -0.2) is 0 Å². The quantitative estimate of drug-likeness (QED) is 0.724. The summed E-state index contributed by atoms with van der Waals surface area (Å²) in [6, 6.07) is 10.7. The van der Waals surface area contributed by atoms with Crippen LogP contribution in [0.1, 0.15) is 40.9 Å². The first kappa shape index (κ1) is 18.9. The number of anilines is 1. The van der Waals surface area contributed by atoms with Crippen molar-refractivity contribution in [2.45, 2.75) is 38.1 Å². The van der Waals surface area contributed by atoms with Crippen LogP contribution in [-0.4, -0.2) is 44.9 Å². The van der Waals surface area contributed by atoms with Crippen molar-refractivity contribution in [1.82, 2.24) is 19.9 Å². The smallest absolute Gasteiger partial charge is 0.274 e. The van der Waals surface area contributed by atoms with Crippen LogP contribution >= 0.6 is 0 Å². The highest BCUT2D eigenvalue weighted by molar-refractivity contribution is 6.03. The molecule has 1 amide bonds. The standard InChI is InChI=1S/C24H25N5O/c30-24(22-7-5-19(15-27-22)23-16-25-10-11-26-23)28-20-6-4-17-8-12-29(21-2-1-3-21)13-9-18(17)14-20/h4-7,10-11,14-16,21H,1-3,8-9,12-13H2,(H,28,30). The van der Waals surface area contributed by atoms with Crippen molar-refractivity contribution in [1.29, 1.82) is 0 Å². The van der Waals surface area contributed by atoms with Crippen LogP contribution in [0.5, 0.6) is 0 Å². The minimum atomic E-state index is -0.203. The topological polar surface area (TPSA) is 71.0 Å². The molecular weight excluding hydrogens is 374 g/mol. The van der Waals surface area contributed by atoms with E-state index in [4.69, 9.17) is 0 Å². The predicted octanol–water partition coefficient (Wildman–Crippen LogP) is 3.74. The summed E-state index contributed by atoms with van der Waals surface area (Å²) in [5, 5.41) is 3.00. The van der Waals surface area contributed by atoms with E-state index in [-0.39, 0.29) is 5.91 Å². The largest absolute Gasteiger partial charge is 0.321 e. The fourth-order valence-electron chi connectivity index (χ4n) is 4.26.